The second kappa shape index (κ2) is 6.72. The zero-order valence-electron chi connectivity index (χ0n) is 14.8. The second-order valence-electron chi connectivity index (χ2n) is 6.80. The van der Waals surface area contributed by atoms with E-state index in [0.717, 1.165) is 18.5 Å². The molecule has 1 atom stereocenters. The molecule has 2 amide bonds. The van der Waals surface area contributed by atoms with Crippen molar-refractivity contribution >= 4 is 17.6 Å². The molecule has 6 nitrogen and oxygen atoms in total. The molecule has 0 spiro atoms. The Bertz CT molecular complexity index is 589. The lowest BCUT2D eigenvalue weighted by Crippen LogP contribution is -2.42. The van der Waals surface area contributed by atoms with Gasteiger partial charge < -0.3 is 10.6 Å². The predicted molar refractivity (Wildman–Crippen MR) is 90.1 cm³/mol. The summed E-state index contributed by atoms with van der Waals surface area (Å²) in [4.78, 5) is 24.4. The molecule has 23 heavy (non-hydrogen) atoms. The minimum atomic E-state index is -0.691. The molecule has 128 valence electrons. The van der Waals surface area contributed by atoms with Crippen LogP contribution in [0, 0.1) is 18.3 Å². The summed E-state index contributed by atoms with van der Waals surface area (Å²) in [5.41, 5.74) is 0.345. The van der Waals surface area contributed by atoms with Gasteiger partial charge in [-0.25, -0.2) is 0 Å². The van der Waals surface area contributed by atoms with Crippen LogP contribution in [0.2, 0.25) is 0 Å². The molecule has 0 bridgehead atoms. The number of nitrogens with zero attached hydrogens (tertiary/aromatic N) is 2. The van der Waals surface area contributed by atoms with Crippen LogP contribution in [-0.2, 0) is 9.59 Å². The highest BCUT2D eigenvalue weighted by atomic mass is 16.2. The van der Waals surface area contributed by atoms with Gasteiger partial charge in [-0.2, -0.15) is 5.10 Å². The quantitative estimate of drug-likeness (QED) is 0.846. The Morgan fingerprint density at radius 3 is 2.57 bits per heavy atom. The first-order valence-corrected chi connectivity index (χ1v) is 8.48. The van der Waals surface area contributed by atoms with E-state index < -0.39 is 5.41 Å². The van der Waals surface area contributed by atoms with Crippen LogP contribution in [0.15, 0.2) is 6.07 Å². The molecule has 1 fully saturated rings. The van der Waals surface area contributed by atoms with E-state index in [4.69, 9.17) is 0 Å². The lowest BCUT2D eigenvalue weighted by atomic mass is 9.75. The lowest BCUT2D eigenvalue weighted by Gasteiger charge is -2.29. The van der Waals surface area contributed by atoms with Crippen LogP contribution in [-0.4, -0.2) is 28.1 Å². The van der Waals surface area contributed by atoms with Gasteiger partial charge >= 0.3 is 0 Å². The summed E-state index contributed by atoms with van der Waals surface area (Å²) in [6.45, 7) is 10.6. The van der Waals surface area contributed by atoms with Crippen LogP contribution < -0.4 is 10.6 Å². The fourth-order valence-electron chi connectivity index (χ4n) is 3.29. The van der Waals surface area contributed by atoms with Gasteiger partial charge in [0.2, 0.25) is 11.8 Å². The van der Waals surface area contributed by atoms with E-state index >= 15 is 0 Å². The summed E-state index contributed by atoms with van der Waals surface area (Å²) in [5, 5.41) is 10.3. The summed E-state index contributed by atoms with van der Waals surface area (Å²) in [5.74, 6) is 0.454. The van der Waals surface area contributed by atoms with Gasteiger partial charge in [0.05, 0.1) is 11.5 Å². The minimum Gasteiger partial charge on any atom is -0.355 e. The molecule has 0 aliphatic carbocycles. The summed E-state index contributed by atoms with van der Waals surface area (Å²) >= 11 is 0. The van der Waals surface area contributed by atoms with Crippen LogP contribution in [0.3, 0.4) is 0 Å². The van der Waals surface area contributed by atoms with Gasteiger partial charge in [-0.05, 0) is 25.7 Å². The zero-order chi connectivity index (χ0) is 17.2. The summed E-state index contributed by atoms with van der Waals surface area (Å²) in [7, 11) is 0. The van der Waals surface area contributed by atoms with Gasteiger partial charge in [-0.3, -0.25) is 14.3 Å². The minimum absolute atomic E-state index is 0.0624. The number of nitrogens with one attached hydrogen (secondary N) is 2. The molecule has 0 saturated carbocycles. The third-order valence-electron chi connectivity index (χ3n) is 5.09. The van der Waals surface area contributed by atoms with Gasteiger partial charge in [-0.1, -0.05) is 27.7 Å². The Morgan fingerprint density at radius 1 is 1.43 bits per heavy atom. The fraction of sp³-hybridized carbons (Fsp3) is 0.706. The molecule has 2 heterocycles. The number of carbonyl (C=O) groups excluding carboxylic acids is 2. The molecule has 1 aromatic heterocycles. The summed E-state index contributed by atoms with van der Waals surface area (Å²) < 4.78 is 1.98. The first kappa shape index (κ1) is 17.5. The van der Waals surface area contributed by atoms with Crippen LogP contribution in [0.5, 0.6) is 0 Å². The van der Waals surface area contributed by atoms with Gasteiger partial charge in [0, 0.05) is 24.7 Å². The number of carbonyl (C=O) groups is 2. The number of hydrogen-bond acceptors (Lipinski definition) is 3. The van der Waals surface area contributed by atoms with Crippen molar-refractivity contribution in [1.82, 2.24) is 15.1 Å². The van der Waals surface area contributed by atoms with Crippen molar-refractivity contribution in [3.8, 4) is 0 Å². The Labute approximate surface area is 138 Å². The number of aromatic nitrogens is 2. The average molecular weight is 320 g/mol. The molecule has 1 saturated heterocycles. The number of anilines is 1. The van der Waals surface area contributed by atoms with Gasteiger partial charge in [0.15, 0.2) is 5.82 Å². The molecular formula is C17H28N4O2. The van der Waals surface area contributed by atoms with Gasteiger partial charge in [0.1, 0.15) is 0 Å². The van der Waals surface area contributed by atoms with Crippen molar-refractivity contribution < 1.29 is 9.59 Å². The monoisotopic (exact) mass is 320 g/mol. The molecule has 6 heteroatoms. The molecule has 1 aliphatic heterocycles. The summed E-state index contributed by atoms with van der Waals surface area (Å²) in [6, 6.07) is 2.24. The number of amides is 2. The highest BCUT2D eigenvalue weighted by molar-refractivity contribution is 5.99. The van der Waals surface area contributed by atoms with E-state index in [1.165, 1.54) is 0 Å². The van der Waals surface area contributed by atoms with Gasteiger partial charge in [-0.15, -0.1) is 0 Å². The zero-order valence-corrected chi connectivity index (χ0v) is 14.8. The van der Waals surface area contributed by atoms with E-state index in [9.17, 15) is 9.59 Å². The highest BCUT2D eigenvalue weighted by Gasteiger charge is 2.47. The Kier molecular flexibility index (Phi) is 5.12. The first-order valence-electron chi connectivity index (χ1n) is 8.48. The maximum Gasteiger partial charge on any atom is 0.234 e. The van der Waals surface area contributed by atoms with Gasteiger partial charge in [0.25, 0.3) is 0 Å². The molecule has 1 aliphatic rings. The lowest BCUT2D eigenvalue weighted by molar-refractivity contribution is -0.129. The topological polar surface area (TPSA) is 76.0 Å². The van der Waals surface area contributed by atoms with Crippen molar-refractivity contribution in [3.05, 3.63) is 11.8 Å². The molecule has 0 aromatic carbocycles. The van der Waals surface area contributed by atoms with E-state index in [1.807, 2.05) is 31.5 Å². The average Bonchev–Trinajstić information content (AvgIpc) is 3.05. The largest absolute Gasteiger partial charge is 0.355 e. The standard InChI is InChI=1S/C17H28N4O2/c1-6-13(7-2)21-12(5)8-14(20-21)19-16(23)17(11(3)4)9-15(22)18-10-17/h8,11,13H,6-7,9-10H2,1-5H3,(H,18,22)(H,19,20,23). The second-order valence-corrected chi connectivity index (χ2v) is 6.80. The van der Waals surface area contributed by atoms with Crippen molar-refractivity contribution in [2.75, 3.05) is 11.9 Å². The molecule has 2 N–H and O–H groups in total. The van der Waals surface area contributed by atoms with E-state index in [1.54, 1.807) is 0 Å². The maximum absolute atomic E-state index is 12.8. The Balaban J connectivity index is 2.20. The molecular weight excluding hydrogens is 292 g/mol. The third-order valence-corrected chi connectivity index (χ3v) is 5.09. The van der Waals surface area contributed by atoms with Crippen LogP contribution in [0.1, 0.15) is 58.7 Å². The number of aryl methyl sites for hydroxylation is 1. The molecule has 0 radical (unpaired) electrons. The predicted octanol–water partition coefficient (Wildman–Crippen LogP) is 2.65. The molecule has 1 aromatic rings. The molecule has 2 rings (SSSR count). The van der Waals surface area contributed by atoms with Crippen LogP contribution in [0.25, 0.3) is 0 Å². The fourth-order valence-corrected chi connectivity index (χ4v) is 3.29. The van der Waals surface area contributed by atoms with Crippen molar-refractivity contribution in [2.24, 2.45) is 11.3 Å². The SMILES string of the molecule is CCC(CC)n1nc(NC(=O)C2(C(C)C)CNC(=O)C2)cc1C. The Morgan fingerprint density at radius 2 is 2.09 bits per heavy atom. The first-order chi connectivity index (χ1) is 10.8. The number of rotatable bonds is 6. The highest BCUT2D eigenvalue weighted by Crippen LogP contribution is 2.36. The van der Waals surface area contributed by atoms with E-state index in [2.05, 4.69) is 29.6 Å². The van der Waals surface area contributed by atoms with Crippen molar-refractivity contribution in [2.45, 2.75) is 59.9 Å². The van der Waals surface area contributed by atoms with E-state index in [-0.39, 0.29) is 24.2 Å². The molecule has 1 unspecified atom stereocenters. The summed E-state index contributed by atoms with van der Waals surface area (Å²) in [6.07, 6.45) is 2.24. The van der Waals surface area contributed by atoms with Crippen molar-refractivity contribution in [3.63, 3.8) is 0 Å². The Hall–Kier alpha value is -1.85. The van der Waals surface area contributed by atoms with Crippen LogP contribution >= 0.6 is 0 Å². The van der Waals surface area contributed by atoms with Crippen LogP contribution in [0.4, 0.5) is 5.82 Å². The smallest absolute Gasteiger partial charge is 0.234 e. The third kappa shape index (κ3) is 3.26. The maximum atomic E-state index is 12.8. The van der Waals surface area contributed by atoms with Crippen molar-refractivity contribution in [1.29, 1.82) is 0 Å². The number of hydrogen-bond donors (Lipinski definition) is 2. The normalized spacial score (nSPS) is 21.1. The van der Waals surface area contributed by atoms with E-state index in [0.29, 0.717) is 18.4 Å².